The lowest BCUT2D eigenvalue weighted by molar-refractivity contribution is -0.144. The van der Waals surface area contributed by atoms with Gasteiger partial charge in [-0.2, -0.15) is 0 Å². The number of anilines is 1. The molecule has 0 spiro atoms. The lowest BCUT2D eigenvalue weighted by atomic mass is 9.98. The van der Waals surface area contributed by atoms with Crippen LogP contribution in [0.4, 0.5) is 10.1 Å². The Kier molecular flexibility index (Phi) is 3.20. The molecule has 0 aromatic heterocycles. The maximum Gasteiger partial charge on any atom is 0.340 e. The first-order chi connectivity index (χ1) is 8.99. The number of methoxy groups -OCH3 is 2. The van der Waals surface area contributed by atoms with Crippen LogP contribution in [0.15, 0.2) is 12.1 Å². The number of ether oxygens (including phenoxy) is 2. The maximum atomic E-state index is 13.7. The van der Waals surface area contributed by atoms with Gasteiger partial charge in [-0.15, -0.1) is 0 Å². The summed E-state index contributed by atoms with van der Waals surface area (Å²) in [6.45, 7) is 0. The van der Waals surface area contributed by atoms with E-state index in [4.69, 9.17) is 0 Å². The minimum atomic E-state index is -1.20. The summed E-state index contributed by atoms with van der Waals surface area (Å²) in [5.74, 6) is -4.33. The average molecular weight is 267 g/mol. The van der Waals surface area contributed by atoms with Gasteiger partial charge in [0.2, 0.25) is 5.91 Å². The molecule has 6 nitrogen and oxygen atoms in total. The lowest BCUT2D eigenvalue weighted by Crippen LogP contribution is -2.22. The van der Waals surface area contributed by atoms with Gasteiger partial charge in [0.15, 0.2) is 5.92 Å². The highest BCUT2D eigenvalue weighted by molar-refractivity contribution is 6.15. The summed E-state index contributed by atoms with van der Waals surface area (Å²) in [5.41, 5.74) is -0.00384. The quantitative estimate of drug-likeness (QED) is 0.633. The van der Waals surface area contributed by atoms with Crippen LogP contribution in [-0.4, -0.2) is 32.1 Å². The van der Waals surface area contributed by atoms with Crippen molar-refractivity contribution in [3.63, 3.8) is 0 Å². The van der Waals surface area contributed by atoms with Crippen molar-refractivity contribution < 1.29 is 28.2 Å². The molecule has 0 radical (unpaired) electrons. The zero-order chi connectivity index (χ0) is 14.2. The molecule has 1 heterocycles. The van der Waals surface area contributed by atoms with E-state index in [2.05, 4.69) is 14.8 Å². The number of nitrogens with one attached hydrogen (secondary N) is 1. The number of fused-ring (bicyclic) bond motifs is 1. The molecule has 0 saturated carbocycles. The minimum absolute atomic E-state index is 0.144. The van der Waals surface area contributed by atoms with Crippen molar-refractivity contribution in [2.24, 2.45) is 0 Å². The monoisotopic (exact) mass is 267 g/mol. The Morgan fingerprint density at radius 2 is 1.95 bits per heavy atom. The molecule has 7 heteroatoms. The van der Waals surface area contributed by atoms with Crippen molar-refractivity contribution in [2.45, 2.75) is 5.92 Å². The summed E-state index contributed by atoms with van der Waals surface area (Å²) in [4.78, 5) is 34.6. The predicted molar refractivity (Wildman–Crippen MR) is 61.1 cm³/mol. The molecule has 1 atom stereocenters. The molecule has 1 amide bonds. The zero-order valence-electron chi connectivity index (χ0n) is 10.2. The summed E-state index contributed by atoms with van der Waals surface area (Å²) in [5, 5.41) is 2.36. The largest absolute Gasteiger partial charge is 0.468 e. The molecule has 1 unspecified atom stereocenters. The van der Waals surface area contributed by atoms with Gasteiger partial charge in [-0.25, -0.2) is 9.18 Å². The molecule has 1 aromatic rings. The molecular formula is C12H10FNO5. The molecular weight excluding hydrogens is 257 g/mol. The fraction of sp³-hybridized carbons (Fsp3) is 0.250. The third-order valence-electron chi connectivity index (χ3n) is 2.81. The Bertz CT molecular complexity index is 584. The molecule has 1 aromatic carbocycles. The van der Waals surface area contributed by atoms with Crippen LogP contribution in [0.1, 0.15) is 21.8 Å². The summed E-state index contributed by atoms with van der Waals surface area (Å²) in [6.07, 6.45) is 0. The summed E-state index contributed by atoms with van der Waals surface area (Å²) >= 11 is 0. The van der Waals surface area contributed by atoms with E-state index < -0.39 is 29.6 Å². The second-order valence-corrected chi connectivity index (χ2v) is 3.86. The number of esters is 2. The van der Waals surface area contributed by atoms with Crippen LogP contribution in [-0.2, 0) is 19.1 Å². The second kappa shape index (κ2) is 4.68. The van der Waals surface area contributed by atoms with Crippen molar-refractivity contribution in [2.75, 3.05) is 19.5 Å². The number of amides is 1. The Morgan fingerprint density at radius 1 is 1.26 bits per heavy atom. The van der Waals surface area contributed by atoms with Crippen LogP contribution in [0.3, 0.4) is 0 Å². The average Bonchev–Trinajstić information content (AvgIpc) is 2.71. The van der Waals surface area contributed by atoms with E-state index in [0.717, 1.165) is 26.4 Å². The summed E-state index contributed by atoms with van der Waals surface area (Å²) in [6, 6.07) is 2.10. The molecule has 1 N–H and O–H groups in total. The van der Waals surface area contributed by atoms with Gasteiger partial charge in [-0.3, -0.25) is 9.59 Å². The van der Waals surface area contributed by atoms with Crippen LogP contribution >= 0.6 is 0 Å². The number of hydrogen-bond donors (Lipinski definition) is 1. The highest BCUT2D eigenvalue weighted by atomic mass is 19.1. The normalized spacial score (nSPS) is 16.6. The van der Waals surface area contributed by atoms with Gasteiger partial charge in [0.05, 0.1) is 19.8 Å². The number of rotatable bonds is 2. The van der Waals surface area contributed by atoms with Crippen LogP contribution < -0.4 is 5.32 Å². The lowest BCUT2D eigenvalue weighted by Gasteiger charge is -2.08. The molecule has 0 saturated heterocycles. The van der Waals surface area contributed by atoms with E-state index in [9.17, 15) is 18.8 Å². The molecule has 100 valence electrons. The van der Waals surface area contributed by atoms with Crippen LogP contribution in [0.2, 0.25) is 0 Å². The van der Waals surface area contributed by atoms with Crippen molar-refractivity contribution in [1.29, 1.82) is 0 Å². The third-order valence-corrected chi connectivity index (χ3v) is 2.81. The highest BCUT2D eigenvalue weighted by Gasteiger charge is 2.38. The minimum Gasteiger partial charge on any atom is -0.468 e. The van der Waals surface area contributed by atoms with Gasteiger partial charge in [-0.1, -0.05) is 0 Å². The molecule has 0 fully saturated rings. The first kappa shape index (κ1) is 13.0. The van der Waals surface area contributed by atoms with E-state index in [1.165, 1.54) is 0 Å². The van der Waals surface area contributed by atoms with Crippen molar-refractivity contribution in [1.82, 2.24) is 0 Å². The molecule has 19 heavy (non-hydrogen) atoms. The summed E-state index contributed by atoms with van der Waals surface area (Å²) < 4.78 is 22.6. The van der Waals surface area contributed by atoms with Gasteiger partial charge in [0.1, 0.15) is 5.82 Å². The van der Waals surface area contributed by atoms with Gasteiger partial charge in [0, 0.05) is 11.3 Å². The molecule has 1 aliphatic heterocycles. The predicted octanol–water partition coefficient (Wildman–Crippen LogP) is 0.821. The number of halogens is 1. The van der Waals surface area contributed by atoms with Gasteiger partial charge >= 0.3 is 11.9 Å². The van der Waals surface area contributed by atoms with Crippen LogP contribution in [0.25, 0.3) is 0 Å². The Morgan fingerprint density at radius 3 is 2.53 bits per heavy atom. The number of hydrogen-bond acceptors (Lipinski definition) is 5. The maximum absolute atomic E-state index is 13.7. The third kappa shape index (κ3) is 2.03. The van der Waals surface area contributed by atoms with E-state index in [1.807, 2.05) is 0 Å². The Balaban J connectivity index is 2.54. The van der Waals surface area contributed by atoms with Crippen LogP contribution in [0.5, 0.6) is 0 Å². The fourth-order valence-corrected chi connectivity index (χ4v) is 1.90. The molecule has 2 rings (SSSR count). The van der Waals surface area contributed by atoms with Gasteiger partial charge in [-0.05, 0) is 12.1 Å². The first-order valence-corrected chi connectivity index (χ1v) is 5.30. The number of benzene rings is 1. The zero-order valence-corrected chi connectivity index (χ0v) is 10.2. The van der Waals surface area contributed by atoms with Crippen molar-refractivity contribution in [3.8, 4) is 0 Å². The van der Waals surface area contributed by atoms with E-state index in [-0.39, 0.29) is 16.8 Å². The first-order valence-electron chi connectivity index (χ1n) is 5.30. The van der Waals surface area contributed by atoms with Crippen molar-refractivity contribution in [3.05, 3.63) is 29.1 Å². The molecule has 0 aliphatic carbocycles. The smallest absolute Gasteiger partial charge is 0.340 e. The Labute approximate surface area is 107 Å². The van der Waals surface area contributed by atoms with Gasteiger partial charge < -0.3 is 14.8 Å². The fourth-order valence-electron chi connectivity index (χ4n) is 1.90. The van der Waals surface area contributed by atoms with E-state index >= 15 is 0 Å². The van der Waals surface area contributed by atoms with Gasteiger partial charge in [0.25, 0.3) is 0 Å². The van der Waals surface area contributed by atoms with E-state index in [0.29, 0.717) is 0 Å². The Hall–Kier alpha value is -2.44. The van der Waals surface area contributed by atoms with Crippen LogP contribution in [0, 0.1) is 5.82 Å². The molecule has 0 bridgehead atoms. The summed E-state index contributed by atoms with van der Waals surface area (Å²) in [7, 11) is 2.24. The topological polar surface area (TPSA) is 81.7 Å². The van der Waals surface area contributed by atoms with E-state index in [1.54, 1.807) is 0 Å². The number of carbonyl (C=O) groups excluding carboxylic acids is 3. The van der Waals surface area contributed by atoms with Crippen molar-refractivity contribution >= 4 is 23.5 Å². The SMILES string of the molecule is COC(=O)c1cc2c(cc1F)NC(=O)C2C(=O)OC. The second-order valence-electron chi connectivity index (χ2n) is 3.86. The number of carbonyl (C=O) groups is 3. The standard InChI is InChI=1S/C12H10FNO5/c1-18-11(16)5-3-6-8(4-7(5)13)14-10(15)9(6)12(17)19-2/h3-4,9H,1-2H3,(H,14,15). The highest BCUT2D eigenvalue weighted by Crippen LogP contribution is 2.35. The molecule has 1 aliphatic rings.